The SMILES string of the molecule is Cc1ccc(N2C3CCC2CC(N)C3)c(C)c1. The van der Waals surface area contributed by atoms with Gasteiger partial charge in [-0.2, -0.15) is 0 Å². The van der Waals surface area contributed by atoms with E-state index in [1.54, 1.807) is 0 Å². The fraction of sp³-hybridized carbons (Fsp3) is 0.600. The van der Waals surface area contributed by atoms with Crippen molar-refractivity contribution in [2.75, 3.05) is 4.90 Å². The number of aryl methyl sites for hydroxylation is 2. The zero-order valence-electron chi connectivity index (χ0n) is 10.8. The van der Waals surface area contributed by atoms with Crippen LogP contribution in [0.15, 0.2) is 18.2 Å². The molecule has 2 bridgehead atoms. The molecule has 2 fully saturated rings. The molecule has 0 spiro atoms. The quantitative estimate of drug-likeness (QED) is 0.804. The molecule has 17 heavy (non-hydrogen) atoms. The Kier molecular flexibility index (Phi) is 2.62. The van der Waals surface area contributed by atoms with Crippen LogP contribution in [0.25, 0.3) is 0 Å². The molecule has 2 unspecified atom stereocenters. The van der Waals surface area contributed by atoms with Crippen LogP contribution in [0.4, 0.5) is 5.69 Å². The summed E-state index contributed by atoms with van der Waals surface area (Å²) in [6.45, 7) is 4.40. The largest absolute Gasteiger partial charge is 0.365 e. The zero-order chi connectivity index (χ0) is 12.0. The predicted octanol–water partition coefficient (Wildman–Crippen LogP) is 2.76. The Morgan fingerprint density at radius 1 is 1.12 bits per heavy atom. The molecule has 0 radical (unpaired) electrons. The lowest BCUT2D eigenvalue weighted by molar-refractivity contribution is 0.414. The molecule has 1 aromatic carbocycles. The Labute approximate surface area is 104 Å². The first kappa shape index (κ1) is 11.1. The van der Waals surface area contributed by atoms with Crippen molar-refractivity contribution in [1.29, 1.82) is 0 Å². The fourth-order valence-corrected chi connectivity index (χ4v) is 3.71. The van der Waals surface area contributed by atoms with Crippen LogP contribution in [0.2, 0.25) is 0 Å². The lowest BCUT2D eigenvalue weighted by Gasteiger charge is -2.40. The minimum atomic E-state index is 0.425. The number of hydrogen-bond donors (Lipinski definition) is 1. The highest BCUT2D eigenvalue weighted by molar-refractivity contribution is 5.57. The van der Waals surface area contributed by atoms with Gasteiger partial charge in [-0.15, -0.1) is 0 Å². The number of nitrogens with two attached hydrogens (primary N) is 1. The van der Waals surface area contributed by atoms with Gasteiger partial charge in [0, 0.05) is 23.8 Å². The number of hydrogen-bond acceptors (Lipinski definition) is 2. The number of anilines is 1. The summed E-state index contributed by atoms with van der Waals surface area (Å²) in [5.41, 5.74) is 10.3. The molecule has 2 N–H and O–H groups in total. The van der Waals surface area contributed by atoms with Crippen molar-refractivity contribution in [3.05, 3.63) is 29.3 Å². The molecular weight excluding hydrogens is 208 g/mol. The molecule has 2 atom stereocenters. The first-order chi connectivity index (χ1) is 8.15. The Balaban J connectivity index is 1.94. The maximum atomic E-state index is 6.13. The lowest BCUT2D eigenvalue weighted by atomic mass is 9.96. The second-order valence-electron chi connectivity index (χ2n) is 5.81. The van der Waals surface area contributed by atoms with Gasteiger partial charge in [0.2, 0.25) is 0 Å². The van der Waals surface area contributed by atoms with Crippen LogP contribution >= 0.6 is 0 Å². The first-order valence-electron chi connectivity index (χ1n) is 6.76. The van der Waals surface area contributed by atoms with Gasteiger partial charge in [0.15, 0.2) is 0 Å². The number of piperidine rings is 1. The summed E-state index contributed by atoms with van der Waals surface area (Å²) in [4.78, 5) is 2.65. The van der Waals surface area contributed by atoms with E-state index in [2.05, 4.69) is 36.9 Å². The van der Waals surface area contributed by atoms with E-state index < -0.39 is 0 Å². The Morgan fingerprint density at radius 3 is 2.35 bits per heavy atom. The number of fused-ring (bicyclic) bond motifs is 2. The summed E-state index contributed by atoms with van der Waals surface area (Å²) >= 11 is 0. The van der Waals surface area contributed by atoms with Crippen molar-refractivity contribution in [3.63, 3.8) is 0 Å². The van der Waals surface area contributed by atoms with Crippen LogP contribution in [-0.2, 0) is 0 Å². The van der Waals surface area contributed by atoms with Gasteiger partial charge in [-0.25, -0.2) is 0 Å². The maximum Gasteiger partial charge on any atom is 0.0401 e. The van der Waals surface area contributed by atoms with E-state index in [-0.39, 0.29) is 0 Å². The average Bonchev–Trinajstić information content (AvgIpc) is 2.53. The summed E-state index contributed by atoms with van der Waals surface area (Å²) in [5, 5.41) is 0. The highest BCUT2D eigenvalue weighted by Gasteiger charge is 2.39. The molecule has 2 nitrogen and oxygen atoms in total. The van der Waals surface area contributed by atoms with Crippen molar-refractivity contribution >= 4 is 5.69 Å². The smallest absolute Gasteiger partial charge is 0.0401 e. The molecule has 0 aromatic heterocycles. The third-order valence-corrected chi connectivity index (χ3v) is 4.40. The third-order valence-electron chi connectivity index (χ3n) is 4.40. The average molecular weight is 230 g/mol. The van der Waals surface area contributed by atoms with E-state index in [0.29, 0.717) is 18.1 Å². The van der Waals surface area contributed by atoms with Gasteiger partial charge in [-0.3, -0.25) is 0 Å². The van der Waals surface area contributed by atoms with Gasteiger partial charge in [0.1, 0.15) is 0 Å². The maximum absolute atomic E-state index is 6.13. The van der Waals surface area contributed by atoms with E-state index >= 15 is 0 Å². The summed E-state index contributed by atoms with van der Waals surface area (Å²) < 4.78 is 0. The second-order valence-corrected chi connectivity index (χ2v) is 5.81. The van der Waals surface area contributed by atoms with Gasteiger partial charge in [-0.05, 0) is 51.2 Å². The third kappa shape index (κ3) is 1.85. The van der Waals surface area contributed by atoms with Crippen LogP contribution in [0, 0.1) is 13.8 Å². The highest BCUT2D eigenvalue weighted by Crippen LogP contribution is 2.40. The van der Waals surface area contributed by atoms with Gasteiger partial charge < -0.3 is 10.6 Å². The Bertz CT molecular complexity index is 413. The van der Waals surface area contributed by atoms with Gasteiger partial charge in [0.05, 0.1) is 0 Å². The van der Waals surface area contributed by atoms with Crippen molar-refractivity contribution in [2.24, 2.45) is 5.73 Å². The molecule has 2 saturated heterocycles. The summed E-state index contributed by atoms with van der Waals surface area (Å²) in [5.74, 6) is 0. The van der Waals surface area contributed by atoms with E-state index in [1.807, 2.05) is 0 Å². The Morgan fingerprint density at radius 2 is 1.76 bits per heavy atom. The van der Waals surface area contributed by atoms with E-state index in [9.17, 15) is 0 Å². The lowest BCUT2D eigenvalue weighted by Crippen LogP contribution is -2.47. The van der Waals surface area contributed by atoms with Crippen molar-refractivity contribution in [1.82, 2.24) is 0 Å². The molecule has 0 aliphatic carbocycles. The minimum absolute atomic E-state index is 0.425. The molecule has 0 amide bonds. The first-order valence-corrected chi connectivity index (χ1v) is 6.76. The molecule has 2 aliphatic heterocycles. The number of nitrogens with zero attached hydrogens (tertiary/aromatic N) is 1. The van der Waals surface area contributed by atoms with Crippen molar-refractivity contribution < 1.29 is 0 Å². The molecule has 1 aromatic rings. The molecule has 3 rings (SSSR count). The zero-order valence-corrected chi connectivity index (χ0v) is 10.8. The van der Waals surface area contributed by atoms with E-state index in [4.69, 9.17) is 5.73 Å². The van der Waals surface area contributed by atoms with Crippen molar-refractivity contribution in [3.8, 4) is 0 Å². The van der Waals surface area contributed by atoms with Gasteiger partial charge in [0.25, 0.3) is 0 Å². The summed E-state index contributed by atoms with van der Waals surface area (Å²) in [6.07, 6.45) is 4.99. The molecule has 0 saturated carbocycles. The second kappa shape index (κ2) is 4.02. The molecule has 2 aliphatic rings. The van der Waals surface area contributed by atoms with Crippen LogP contribution in [-0.4, -0.2) is 18.1 Å². The van der Waals surface area contributed by atoms with Gasteiger partial charge >= 0.3 is 0 Å². The van der Waals surface area contributed by atoms with Crippen LogP contribution in [0.5, 0.6) is 0 Å². The topological polar surface area (TPSA) is 29.3 Å². The van der Waals surface area contributed by atoms with Crippen LogP contribution in [0.1, 0.15) is 36.8 Å². The number of benzene rings is 1. The summed E-state index contributed by atoms with van der Waals surface area (Å²) in [7, 11) is 0. The van der Waals surface area contributed by atoms with Crippen molar-refractivity contribution in [2.45, 2.75) is 57.7 Å². The minimum Gasteiger partial charge on any atom is -0.365 e. The normalized spacial score (nSPS) is 31.9. The van der Waals surface area contributed by atoms with Gasteiger partial charge in [-0.1, -0.05) is 17.7 Å². The van der Waals surface area contributed by atoms with Crippen LogP contribution < -0.4 is 10.6 Å². The standard InChI is InChI=1S/C15H22N2/c1-10-3-6-15(11(2)7-10)17-13-4-5-14(17)9-12(16)8-13/h3,6-7,12-14H,4-5,8-9,16H2,1-2H3. The predicted molar refractivity (Wildman–Crippen MR) is 72.4 cm³/mol. The Hall–Kier alpha value is -1.02. The molecule has 2 heteroatoms. The monoisotopic (exact) mass is 230 g/mol. The molecular formula is C15H22N2. The highest BCUT2D eigenvalue weighted by atomic mass is 15.2. The summed E-state index contributed by atoms with van der Waals surface area (Å²) in [6, 6.07) is 8.62. The molecule has 92 valence electrons. The molecule has 2 heterocycles. The van der Waals surface area contributed by atoms with Crippen LogP contribution in [0.3, 0.4) is 0 Å². The number of rotatable bonds is 1. The fourth-order valence-electron chi connectivity index (χ4n) is 3.71. The van der Waals surface area contributed by atoms with E-state index in [1.165, 1.54) is 42.5 Å². The van der Waals surface area contributed by atoms with E-state index in [0.717, 1.165) is 0 Å².